The molecule has 0 rings (SSSR count). The third kappa shape index (κ3) is 3.96. The smallest absolute Gasteiger partial charge is 0.0184 e. The molecule has 2 radical (unpaired) electrons. The van der Waals surface area contributed by atoms with Crippen molar-refractivity contribution in [1.29, 1.82) is 0 Å². The normalized spacial score (nSPS) is 15.0. The summed E-state index contributed by atoms with van der Waals surface area (Å²) in [5, 5.41) is 0. The second kappa shape index (κ2) is 2.21. The van der Waals surface area contributed by atoms with E-state index >= 15 is 0 Å². The highest BCUT2D eigenvalue weighted by Gasteiger charge is 1.81. The second-order valence-electron chi connectivity index (χ2n) is 1.19. The topological polar surface area (TPSA) is 23.8 Å². The summed E-state index contributed by atoms with van der Waals surface area (Å²) in [7, 11) is 0. The Kier molecular flexibility index (Phi) is 2.19. The van der Waals surface area contributed by atoms with Gasteiger partial charge in [0.15, 0.2) is 0 Å². The van der Waals surface area contributed by atoms with Crippen molar-refractivity contribution in [2.45, 2.75) is 19.4 Å². The second-order valence-corrected chi connectivity index (χ2v) is 1.19. The molecule has 0 aliphatic carbocycles. The average molecular weight is 71.1 g/mol. The number of hydrogen-bond donors (Lipinski definition) is 0. The lowest BCUT2D eigenvalue weighted by Crippen LogP contribution is -1.97. The zero-order valence-electron chi connectivity index (χ0n) is 3.49. The van der Waals surface area contributed by atoms with E-state index in [9.17, 15) is 0 Å². The minimum absolute atomic E-state index is 0.0231. The molecule has 1 unspecified atom stereocenters. The van der Waals surface area contributed by atoms with E-state index in [1.54, 1.807) is 0 Å². The summed E-state index contributed by atoms with van der Waals surface area (Å²) in [4.78, 5) is 0. The quantitative estimate of drug-likeness (QED) is 0.438. The first-order valence-corrected chi connectivity index (χ1v) is 1.77. The molecule has 0 heterocycles. The third-order valence-electron chi connectivity index (χ3n) is 0.433. The Bertz CT molecular complexity index is 17.6. The number of hydrogen-bond acceptors (Lipinski definition) is 0. The fourth-order valence-corrected chi connectivity index (χ4v) is 0. The van der Waals surface area contributed by atoms with E-state index in [2.05, 4.69) is 6.92 Å². The van der Waals surface area contributed by atoms with Gasteiger partial charge in [0.1, 0.15) is 0 Å². The van der Waals surface area contributed by atoms with E-state index in [1.807, 2.05) is 6.92 Å². The molecule has 5 heavy (non-hydrogen) atoms. The van der Waals surface area contributed by atoms with Crippen LogP contribution in [0.3, 0.4) is 0 Å². The lowest BCUT2D eigenvalue weighted by Gasteiger charge is -1.89. The van der Waals surface area contributed by atoms with Crippen LogP contribution in [0.15, 0.2) is 0 Å². The first-order valence-electron chi connectivity index (χ1n) is 1.77. The highest BCUT2D eigenvalue weighted by atomic mass is 14.6. The average Bonchev–Trinajstić information content (AvgIpc) is 1.38. The Hall–Kier alpha value is -0.0400. The van der Waals surface area contributed by atoms with Crippen LogP contribution in [0.1, 0.15) is 13.3 Å². The Morgan fingerprint density at radius 2 is 2.20 bits per heavy atom. The molecular formula is C4H9N. The SMILES string of the molecule is [CH2]CC(C)[NH]. The van der Waals surface area contributed by atoms with Gasteiger partial charge < -0.3 is 0 Å². The van der Waals surface area contributed by atoms with Crippen LogP contribution >= 0.6 is 0 Å². The molecule has 0 aromatic rings. The van der Waals surface area contributed by atoms with Crippen molar-refractivity contribution in [3.63, 3.8) is 0 Å². The molecule has 0 aromatic heterocycles. The molecule has 0 fully saturated rings. The summed E-state index contributed by atoms with van der Waals surface area (Å²) >= 11 is 0. The molecule has 0 spiro atoms. The maximum Gasteiger partial charge on any atom is 0.0184 e. The summed E-state index contributed by atoms with van der Waals surface area (Å²) < 4.78 is 0. The van der Waals surface area contributed by atoms with Gasteiger partial charge in [-0.1, -0.05) is 6.92 Å². The van der Waals surface area contributed by atoms with Gasteiger partial charge in [-0.3, -0.25) is 5.73 Å². The van der Waals surface area contributed by atoms with Gasteiger partial charge in [-0.05, 0) is 13.3 Å². The molecule has 30 valence electrons. The molecule has 0 saturated heterocycles. The molecular weight excluding hydrogens is 62.1 g/mol. The van der Waals surface area contributed by atoms with Crippen LogP contribution in [0.2, 0.25) is 0 Å². The maximum absolute atomic E-state index is 6.76. The summed E-state index contributed by atoms with van der Waals surface area (Å²) in [5.74, 6) is 0. The summed E-state index contributed by atoms with van der Waals surface area (Å²) in [6.07, 6.45) is 0.722. The minimum Gasteiger partial charge on any atom is -0.255 e. The molecule has 0 aliphatic heterocycles. The van der Waals surface area contributed by atoms with Gasteiger partial charge in [-0.15, -0.1) is 0 Å². The van der Waals surface area contributed by atoms with Crippen molar-refractivity contribution < 1.29 is 0 Å². The largest absolute Gasteiger partial charge is 0.255 e. The summed E-state index contributed by atoms with van der Waals surface area (Å²) in [6, 6.07) is 0.0231. The van der Waals surface area contributed by atoms with Crippen LogP contribution in [0.5, 0.6) is 0 Å². The Morgan fingerprint density at radius 3 is 2.20 bits per heavy atom. The molecule has 1 N–H and O–H groups in total. The maximum atomic E-state index is 6.76. The van der Waals surface area contributed by atoms with E-state index in [1.165, 1.54) is 0 Å². The van der Waals surface area contributed by atoms with Gasteiger partial charge >= 0.3 is 0 Å². The minimum atomic E-state index is 0.0231. The van der Waals surface area contributed by atoms with Crippen LogP contribution in [-0.4, -0.2) is 6.04 Å². The number of rotatable bonds is 1. The van der Waals surface area contributed by atoms with Gasteiger partial charge in [-0.25, -0.2) is 0 Å². The van der Waals surface area contributed by atoms with Crippen LogP contribution in [0, 0.1) is 6.92 Å². The van der Waals surface area contributed by atoms with Crippen molar-refractivity contribution in [3.05, 3.63) is 6.92 Å². The van der Waals surface area contributed by atoms with Gasteiger partial charge in [0.25, 0.3) is 0 Å². The van der Waals surface area contributed by atoms with Crippen molar-refractivity contribution in [2.24, 2.45) is 0 Å². The predicted octanol–water partition coefficient (Wildman–Crippen LogP) is 0.882. The van der Waals surface area contributed by atoms with Crippen LogP contribution in [0.25, 0.3) is 0 Å². The first kappa shape index (κ1) is 4.96. The van der Waals surface area contributed by atoms with Crippen LogP contribution in [0.4, 0.5) is 0 Å². The Morgan fingerprint density at radius 1 is 2.00 bits per heavy atom. The lowest BCUT2D eigenvalue weighted by atomic mass is 10.3. The molecule has 1 nitrogen and oxygen atoms in total. The van der Waals surface area contributed by atoms with Crippen molar-refractivity contribution in [3.8, 4) is 0 Å². The fraction of sp³-hybridized carbons (Fsp3) is 0.750. The number of nitrogens with one attached hydrogen (secondary N) is 1. The zero-order chi connectivity index (χ0) is 4.28. The van der Waals surface area contributed by atoms with Gasteiger partial charge in [-0.2, -0.15) is 0 Å². The van der Waals surface area contributed by atoms with E-state index in [0.29, 0.717) is 0 Å². The summed E-state index contributed by atoms with van der Waals surface area (Å²) in [6.45, 7) is 5.32. The van der Waals surface area contributed by atoms with E-state index in [4.69, 9.17) is 5.73 Å². The molecule has 1 heteroatoms. The Labute approximate surface area is 33.2 Å². The monoisotopic (exact) mass is 71.1 g/mol. The van der Waals surface area contributed by atoms with Gasteiger partial charge in [0, 0.05) is 6.04 Å². The molecule has 0 amide bonds. The molecule has 1 atom stereocenters. The Balaban J connectivity index is 2.54. The zero-order valence-corrected chi connectivity index (χ0v) is 3.49. The van der Waals surface area contributed by atoms with Gasteiger partial charge in [0.2, 0.25) is 0 Å². The molecule has 0 bridgehead atoms. The standard InChI is InChI=1S/C4H9N/c1-3-4(2)5/h4-5H,1,3H2,2H3. The van der Waals surface area contributed by atoms with Crippen molar-refractivity contribution in [1.82, 2.24) is 5.73 Å². The van der Waals surface area contributed by atoms with Gasteiger partial charge in [0.05, 0.1) is 0 Å². The van der Waals surface area contributed by atoms with E-state index in [-0.39, 0.29) is 6.04 Å². The van der Waals surface area contributed by atoms with Crippen molar-refractivity contribution in [2.75, 3.05) is 0 Å². The molecule has 0 aliphatic rings. The van der Waals surface area contributed by atoms with Crippen molar-refractivity contribution >= 4 is 0 Å². The molecule has 0 aromatic carbocycles. The van der Waals surface area contributed by atoms with E-state index < -0.39 is 0 Å². The van der Waals surface area contributed by atoms with E-state index in [0.717, 1.165) is 6.42 Å². The fourth-order valence-electron chi connectivity index (χ4n) is 0. The lowest BCUT2D eigenvalue weighted by molar-refractivity contribution is 0.730. The highest BCUT2D eigenvalue weighted by Crippen LogP contribution is 1.79. The summed E-state index contributed by atoms with van der Waals surface area (Å²) in [5.41, 5.74) is 6.76. The van der Waals surface area contributed by atoms with Crippen LogP contribution in [-0.2, 0) is 0 Å². The third-order valence-corrected chi connectivity index (χ3v) is 0.433. The highest BCUT2D eigenvalue weighted by molar-refractivity contribution is 4.50. The molecule has 0 saturated carbocycles. The first-order chi connectivity index (χ1) is 2.27. The van der Waals surface area contributed by atoms with Crippen LogP contribution < -0.4 is 5.73 Å². The predicted molar refractivity (Wildman–Crippen MR) is 22.5 cm³/mol.